The van der Waals surface area contributed by atoms with Crippen molar-refractivity contribution in [1.82, 2.24) is 5.32 Å². The van der Waals surface area contributed by atoms with Crippen molar-refractivity contribution < 1.29 is 19.5 Å². The quantitative estimate of drug-likeness (QED) is 0.697. The van der Waals surface area contributed by atoms with E-state index >= 15 is 0 Å². The highest BCUT2D eigenvalue weighted by Crippen LogP contribution is 2.11. The fourth-order valence-corrected chi connectivity index (χ4v) is 1.43. The average Bonchev–Trinajstić information content (AvgIpc) is 2.27. The zero-order valence-corrected chi connectivity index (χ0v) is 10.8. The summed E-state index contributed by atoms with van der Waals surface area (Å²) in [6.07, 6.45) is -0.609. The van der Waals surface area contributed by atoms with Crippen LogP contribution in [0.15, 0.2) is 24.3 Å². The normalized spacial score (nSPS) is 10.1. The van der Waals surface area contributed by atoms with Crippen LogP contribution in [0.1, 0.15) is 30.6 Å². The van der Waals surface area contributed by atoms with Gasteiger partial charge in [0.15, 0.2) is 0 Å². The zero-order chi connectivity index (χ0) is 14.4. The van der Waals surface area contributed by atoms with Crippen molar-refractivity contribution in [3.63, 3.8) is 0 Å². The van der Waals surface area contributed by atoms with E-state index in [1.807, 2.05) is 13.8 Å². The molecule has 0 radical (unpaired) electrons. The summed E-state index contributed by atoms with van der Waals surface area (Å²) in [7, 11) is 0. The van der Waals surface area contributed by atoms with Gasteiger partial charge in [-0.1, -0.05) is 6.07 Å². The summed E-state index contributed by atoms with van der Waals surface area (Å²) in [6.45, 7) is 3.69. The first-order valence-corrected chi connectivity index (χ1v) is 5.81. The Morgan fingerprint density at radius 2 is 1.95 bits per heavy atom. The van der Waals surface area contributed by atoms with E-state index in [0.29, 0.717) is 11.3 Å². The monoisotopic (exact) mass is 264 g/mol. The van der Waals surface area contributed by atoms with Gasteiger partial charge >= 0.3 is 5.97 Å². The largest absolute Gasteiger partial charge is 0.481 e. The number of rotatable bonds is 5. The Morgan fingerprint density at radius 1 is 1.26 bits per heavy atom. The van der Waals surface area contributed by atoms with Crippen LogP contribution in [0.3, 0.4) is 0 Å². The molecule has 102 valence electrons. The maximum Gasteiger partial charge on any atom is 0.312 e. The molecule has 1 aromatic rings. The Balaban J connectivity index is 2.74. The Kier molecular flexibility index (Phi) is 5.05. The molecule has 6 heteroatoms. The molecule has 19 heavy (non-hydrogen) atoms. The van der Waals surface area contributed by atoms with Gasteiger partial charge in [-0.25, -0.2) is 0 Å². The minimum Gasteiger partial charge on any atom is -0.481 e. The molecule has 0 bridgehead atoms. The molecule has 0 heterocycles. The smallest absolute Gasteiger partial charge is 0.312 e. The second kappa shape index (κ2) is 6.53. The van der Waals surface area contributed by atoms with Crippen molar-refractivity contribution >= 4 is 23.5 Å². The predicted octanol–water partition coefficient (Wildman–Crippen LogP) is 1.24. The van der Waals surface area contributed by atoms with Gasteiger partial charge in [0.25, 0.3) is 5.91 Å². The molecular weight excluding hydrogens is 248 g/mol. The molecular formula is C13H16N2O4. The standard InChI is InChI=1S/C13H16N2O4/c1-8(2)14-13(19)9-4-3-5-10(6-9)15-11(16)7-12(17)18/h3-6,8H,7H2,1-2H3,(H,14,19)(H,15,16)(H,17,18). The zero-order valence-electron chi connectivity index (χ0n) is 10.8. The number of aliphatic carboxylic acids is 1. The van der Waals surface area contributed by atoms with Crippen molar-refractivity contribution in [2.45, 2.75) is 26.3 Å². The van der Waals surface area contributed by atoms with E-state index in [4.69, 9.17) is 5.11 Å². The number of benzene rings is 1. The van der Waals surface area contributed by atoms with E-state index < -0.39 is 18.3 Å². The second-order valence-corrected chi connectivity index (χ2v) is 4.33. The molecule has 0 saturated carbocycles. The number of carboxylic acids is 1. The minimum atomic E-state index is -1.20. The lowest BCUT2D eigenvalue weighted by atomic mass is 10.1. The summed E-state index contributed by atoms with van der Waals surface area (Å²) in [4.78, 5) is 33.4. The third-order valence-electron chi connectivity index (χ3n) is 2.14. The number of carboxylic acid groups (broad SMARTS) is 1. The molecule has 0 aliphatic carbocycles. The highest BCUT2D eigenvalue weighted by Gasteiger charge is 2.10. The number of hydrogen-bond acceptors (Lipinski definition) is 3. The number of carbonyl (C=O) groups excluding carboxylic acids is 2. The molecule has 0 spiro atoms. The second-order valence-electron chi connectivity index (χ2n) is 4.33. The van der Waals surface area contributed by atoms with E-state index in [1.165, 1.54) is 6.07 Å². The molecule has 0 aliphatic heterocycles. The van der Waals surface area contributed by atoms with Crippen molar-refractivity contribution in [2.24, 2.45) is 0 Å². The van der Waals surface area contributed by atoms with E-state index in [2.05, 4.69) is 10.6 Å². The summed E-state index contributed by atoms with van der Waals surface area (Å²) >= 11 is 0. The van der Waals surface area contributed by atoms with E-state index in [1.54, 1.807) is 18.2 Å². The fourth-order valence-electron chi connectivity index (χ4n) is 1.43. The number of nitrogens with one attached hydrogen (secondary N) is 2. The maximum atomic E-state index is 11.8. The first kappa shape index (κ1) is 14.7. The lowest BCUT2D eigenvalue weighted by Gasteiger charge is -2.09. The molecule has 1 rings (SSSR count). The van der Waals surface area contributed by atoms with Crippen LogP contribution in [0.4, 0.5) is 5.69 Å². The van der Waals surface area contributed by atoms with Crippen LogP contribution in [0.25, 0.3) is 0 Å². The number of amides is 2. The predicted molar refractivity (Wildman–Crippen MR) is 69.9 cm³/mol. The van der Waals surface area contributed by atoms with Crippen LogP contribution in [-0.2, 0) is 9.59 Å². The molecule has 0 aliphatic rings. The lowest BCUT2D eigenvalue weighted by Crippen LogP contribution is -2.30. The van der Waals surface area contributed by atoms with E-state index in [9.17, 15) is 14.4 Å². The Labute approximate surface area is 110 Å². The third kappa shape index (κ3) is 5.20. The van der Waals surface area contributed by atoms with Crippen LogP contribution < -0.4 is 10.6 Å². The topological polar surface area (TPSA) is 95.5 Å². The molecule has 0 atom stereocenters. The highest BCUT2D eigenvalue weighted by molar-refractivity contribution is 6.02. The first-order chi connectivity index (χ1) is 8.88. The van der Waals surface area contributed by atoms with Gasteiger partial charge in [-0.05, 0) is 32.0 Å². The molecule has 6 nitrogen and oxygen atoms in total. The van der Waals surface area contributed by atoms with Crippen LogP contribution >= 0.6 is 0 Å². The van der Waals surface area contributed by atoms with Crippen LogP contribution in [0.2, 0.25) is 0 Å². The summed E-state index contributed by atoms with van der Waals surface area (Å²) in [5.41, 5.74) is 0.796. The van der Waals surface area contributed by atoms with Crippen molar-refractivity contribution in [2.75, 3.05) is 5.32 Å². The number of anilines is 1. The minimum absolute atomic E-state index is 0.0118. The maximum absolute atomic E-state index is 11.8. The molecule has 0 saturated heterocycles. The molecule has 1 aromatic carbocycles. The lowest BCUT2D eigenvalue weighted by molar-refractivity contribution is -0.139. The van der Waals surface area contributed by atoms with Crippen LogP contribution in [0, 0.1) is 0 Å². The van der Waals surface area contributed by atoms with Gasteiger partial charge in [0, 0.05) is 17.3 Å². The van der Waals surface area contributed by atoms with Gasteiger partial charge in [-0.15, -0.1) is 0 Å². The highest BCUT2D eigenvalue weighted by atomic mass is 16.4. The number of carbonyl (C=O) groups is 3. The Hall–Kier alpha value is -2.37. The SMILES string of the molecule is CC(C)NC(=O)c1cccc(NC(=O)CC(=O)O)c1. The van der Waals surface area contributed by atoms with Crippen molar-refractivity contribution in [3.05, 3.63) is 29.8 Å². The van der Waals surface area contributed by atoms with Gasteiger partial charge in [0.2, 0.25) is 5.91 Å². The van der Waals surface area contributed by atoms with Gasteiger partial charge in [-0.3, -0.25) is 14.4 Å². The third-order valence-corrected chi connectivity index (χ3v) is 2.14. The first-order valence-electron chi connectivity index (χ1n) is 5.81. The average molecular weight is 264 g/mol. The molecule has 0 unspecified atom stereocenters. The molecule has 0 aromatic heterocycles. The van der Waals surface area contributed by atoms with E-state index in [-0.39, 0.29) is 11.9 Å². The van der Waals surface area contributed by atoms with Crippen LogP contribution in [-0.4, -0.2) is 28.9 Å². The molecule has 0 fully saturated rings. The van der Waals surface area contributed by atoms with Crippen molar-refractivity contribution in [3.8, 4) is 0 Å². The number of hydrogen-bond donors (Lipinski definition) is 3. The summed E-state index contributed by atoms with van der Waals surface area (Å²) in [5, 5.41) is 13.6. The Morgan fingerprint density at radius 3 is 2.53 bits per heavy atom. The Bertz CT molecular complexity index is 497. The summed E-state index contributed by atoms with van der Waals surface area (Å²) < 4.78 is 0. The van der Waals surface area contributed by atoms with Gasteiger partial charge in [0.1, 0.15) is 6.42 Å². The van der Waals surface area contributed by atoms with E-state index in [0.717, 1.165) is 0 Å². The summed E-state index contributed by atoms with van der Waals surface area (Å²) in [6, 6.07) is 6.33. The van der Waals surface area contributed by atoms with Gasteiger partial charge in [0.05, 0.1) is 0 Å². The van der Waals surface area contributed by atoms with Gasteiger partial charge in [-0.2, -0.15) is 0 Å². The summed E-state index contributed by atoms with van der Waals surface area (Å²) in [5.74, 6) is -2.08. The van der Waals surface area contributed by atoms with Gasteiger partial charge < -0.3 is 15.7 Å². The molecule has 3 N–H and O–H groups in total. The van der Waals surface area contributed by atoms with Crippen molar-refractivity contribution in [1.29, 1.82) is 0 Å². The fraction of sp³-hybridized carbons (Fsp3) is 0.308. The van der Waals surface area contributed by atoms with Crippen LogP contribution in [0.5, 0.6) is 0 Å². The molecule has 2 amide bonds.